The molecule has 1 aliphatic rings. The highest BCUT2D eigenvalue weighted by molar-refractivity contribution is 5.96. The van der Waals surface area contributed by atoms with Crippen LogP contribution in [0.2, 0.25) is 0 Å². The van der Waals surface area contributed by atoms with Crippen molar-refractivity contribution in [3.63, 3.8) is 0 Å². The van der Waals surface area contributed by atoms with E-state index in [2.05, 4.69) is 5.32 Å². The Labute approximate surface area is 115 Å². The lowest BCUT2D eigenvalue weighted by Gasteiger charge is -2.19. The highest BCUT2D eigenvalue weighted by Crippen LogP contribution is 2.33. The van der Waals surface area contributed by atoms with Crippen LogP contribution in [0.15, 0.2) is 24.3 Å². The summed E-state index contributed by atoms with van der Waals surface area (Å²) in [5, 5.41) is 3.03. The molecule has 1 aromatic carbocycles. The first kappa shape index (κ1) is 14.8. The molecule has 3 nitrogen and oxygen atoms in total. The van der Waals surface area contributed by atoms with Crippen molar-refractivity contribution in [2.45, 2.75) is 12.6 Å². The zero-order chi connectivity index (χ0) is 14.8. The van der Waals surface area contributed by atoms with Crippen LogP contribution in [0.25, 0.3) is 0 Å². The van der Waals surface area contributed by atoms with Gasteiger partial charge in [-0.3, -0.25) is 4.79 Å². The molecule has 6 heteroatoms. The summed E-state index contributed by atoms with van der Waals surface area (Å²) < 4.78 is 38.7. The number of rotatable bonds is 3. The van der Waals surface area contributed by atoms with E-state index in [1.165, 1.54) is 23.1 Å². The molecule has 2 rings (SSSR count). The van der Waals surface area contributed by atoms with E-state index in [1.54, 1.807) is 0 Å². The van der Waals surface area contributed by atoms with Crippen molar-refractivity contribution in [1.82, 2.24) is 10.2 Å². The van der Waals surface area contributed by atoms with Gasteiger partial charge in [0.05, 0.1) is 11.1 Å². The van der Waals surface area contributed by atoms with Crippen molar-refractivity contribution in [1.29, 1.82) is 0 Å². The molecule has 1 aliphatic heterocycles. The molecule has 110 valence electrons. The monoisotopic (exact) mass is 286 g/mol. The third kappa shape index (κ3) is 3.12. The van der Waals surface area contributed by atoms with Crippen LogP contribution in [-0.2, 0) is 6.18 Å². The van der Waals surface area contributed by atoms with Gasteiger partial charge in [0, 0.05) is 13.1 Å². The first-order valence-corrected chi connectivity index (χ1v) is 6.53. The van der Waals surface area contributed by atoms with Crippen LogP contribution in [0, 0.1) is 5.92 Å². The van der Waals surface area contributed by atoms with Crippen molar-refractivity contribution >= 4 is 5.91 Å². The van der Waals surface area contributed by atoms with Crippen molar-refractivity contribution in [3.05, 3.63) is 35.4 Å². The van der Waals surface area contributed by atoms with Gasteiger partial charge < -0.3 is 10.2 Å². The van der Waals surface area contributed by atoms with E-state index in [4.69, 9.17) is 0 Å². The lowest BCUT2D eigenvalue weighted by Crippen LogP contribution is -2.31. The molecule has 0 aliphatic carbocycles. The van der Waals surface area contributed by atoms with Gasteiger partial charge in [0.1, 0.15) is 0 Å². The smallest absolute Gasteiger partial charge is 0.338 e. The molecule has 1 N–H and O–H groups in total. The molecule has 1 amide bonds. The fraction of sp³-hybridized carbons (Fsp3) is 0.500. The van der Waals surface area contributed by atoms with Crippen LogP contribution in [0.3, 0.4) is 0 Å². The maximum Gasteiger partial charge on any atom is 0.417 e. The fourth-order valence-electron chi connectivity index (χ4n) is 2.56. The third-order valence-corrected chi connectivity index (χ3v) is 3.53. The standard InChI is InChI=1S/C14H17F3N2O/c1-18-8-10-6-7-19(9-10)13(20)11-4-2-3-5-12(11)14(15,16)17/h2-5,10,18H,6-9H2,1H3. The van der Waals surface area contributed by atoms with Gasteiger partial charge in [0.15, 0.2) is 0 Å². The summed E-state index contributed by atoms with van der Waals surface area (Å²) in [6.45, 7) is 1.79. The summed E-state index contributed by atoms with van der Waals surface area (Å²) in [6, 6.07) is 4.96. The quantitative estimate of drug-likeness (QED) is 0.925. The van der Waals surface area contributed by atoms with Gasteiger partial charge in [0.25, 0.3) is 5.91 Å². The summed E-state index contributed by atoms with van der Waals surface area (Å²) in [7, 11) is 1.82. The van der Waals surface area contributed by atoms with Crippen LogP contribution >= 0.6 is 0 Å². The number of benzene rings is 1. The molecule has 20 heavy (non-hydrogen) atoms. The van der Waals surface area contributed by atoms with Crippen LogP contribution in [0.1, 0.15) is 22.3 Å². The van der Waals surface area contributed by atoms with Gasteiger partial charge in [-0.2, -0.15) is 13.2 Å². The van der Waals surface area contributed by atoms with Crippen molar-refractivity contribution in [3.8, 4) is 0 Å². The summed E-state index contributed by atoms with van der Waals surface area (Å²) in [4.78, 5) is 13.8. The molecule has 1 fully saturated rings. The van der Waals surface area contributed by atoms with E-state index in [9.17, 15) is 18.0 Å². The Morgan fingerprint density at radius 3 is 2.75 bits per heavy atom. The predicted octanol–water partition coefficient (Wildman–Crippen LogP) is 2.39. The second kappa shape index (κ2) is 5.83. The zero-order valence-electron chi connectivity index (χ0n) is 11.2. The van der Waals surface area contributed by atoms with E-state index in [0.717, 1.165) is 19.0 Å². The molecule has 0 bridgehead atoms. The highest BCUT2D eigenvalue weighted by Gasteiger charge is 2.37. The fourth-order valence-corrected chi connectivity index (χ4v) is 2.56. The van der Waals surface area contributed by atoms with E-state index in [-0.39, 0.29) is 5.56 Å². The molecule has 1 atom stereocenters. The van der Waals surface area contributed by atoms with E-state index in [1.807, 2.05) is 7.05 Å². The number of carbonyl (C=O) groups is 1. The summed E-state index contributed by atoms with van der Waals surface area (Å²) in [5.41, 5.74) is -1.12. The Morgan fingerprint density at radius 1 is 1.40 bits per heavy atom. The van der Waals surface area contributed by atoms with Crippen LogP contribution in [-0.4, -0.2) is 37.5 Å². The SMILES string of the molecule is CNCC1CCN(C(=O)c2ccccc2C(F)(F)F)C1. The number of halogens is 3. The van der Waals surface area contributed by atoms with Gasteiger partial charge in [-0.05, 0) is 38.1 Å². The number of alkyl halides is 3. The molecule has 1 heterocycles. The zero-order valence-corrected chi connectivity index (χ0v) is 11.2. The molecular weight excluding hydrogens is 269 g/mol. The maximum absolute atomic E-state index is 12.9. The van der Waals surface area contributed by atoms with E-state index in [0.29, 0.717) is 19.0 Å². The molecule has 1 aromatic rings. The van der Waals surface area contributed by atoms with Crippen LogP contribution < -0.4 is 5.32 Å². The molecule has 0 aromatic heterocycles. The van der Waals surface area contributed by atoms with Crippen LogP contribution in [0.4, 0.5) is 13.2 Å². The Balaban J connectivity index is 2.19. The number of likely N-dealkylation sites (tertiary alicyclic amines) is 1. The maximum atomic E-state index is 12.9. The van der Waals surface area contributed by atoms with Crippen LogP contribution in [0.5, 0.6) is 0 Å². The largest absolute Gasteiger partial charge is 0.417 e. The number of carbonyl (C=O) groups excluding carboxylic acids is 1. The van der Waals surface area contributed by atoms with E-state index < -0.39 is 17.6 Å². The second-order valence-corrected chi connectivity index (χ2v) is 5.01. The topological polar surface area (TPSA) is 32.3 Å². The minimum Gasteiger partial charge on any atom is -0.338 e. The van der Waals surface area contributed by atoms with Gasteiger partial charge >= 0.3 is 6.18 Å². The molecule has 0 saturated carbocycles. The Bertz CT molecular complexity index is 488. The minimum atomic E-state index is -4.50. The Hall–Kier alpha value is -1.56. The predicted molar refractivity (Wildman–Crippen MR) is 69.4 cm³/mol. The minimum absolute atomic E-state index is 0.259. The first-order valence-electron chi connectivity index (χ1n) is 6.53. The number of amides is 1. The summed E-state index contributed by atoms with van der Waals surface area (Å²) in [6.07, 6.45) is -3.68. The number of hydrogen-bond donors (Lipinski definition) is 1. The van der Waals surface area contributed by atoms with Gasteiger partial charge in [-0.1, -0.05) is 12.1 Å². The molecular formula is C14H17F3N2O. The van der Waals surface area contributed by atoms with Crippen molar-refractivity contribution < 1.29 is 18.0 Å². The van der Waals surface area contributed by atoms with Crippen molar-refractivity contribution in [2.24, 2.45) is 5.92 Å². The lowest BCUT2D eigenvalue weighted by molar-refractivity contribution is -0.138. The first-order chi connectivity index (χ1) is 9.43. The number of nitrogens with zero attached hydrogens (tertiary/aromatic N) is 1. The Morgan fingerprint density at radius 2 is 2.10 bits per heavy atom. The third-order valence-electron chi connectivity index (χ3n) is 3.53. The molecule has 0 spiro atoms. The molecule has 1 saturated heterocycles. The lowest BCUT2D eigenvalue weighted by atomic mass is 10.1. The van der Waals surface area contributed by atoms with Gasteiger partial charge in [-0.15, -0.1) is 0 Å². The highest BCUT2D eigenvalue weighted by atomic mass is 19.4. The average Bonchev–Trinajstić information content (AvgIpc) is 2.86. The van der Waals surface area contributed by atoms with Crippen molar-refractivity contribution in [2.75, 3.05) is 26.7 Å². The Kier molecular flexibility index (Phi) is 4.32. The van der Waals surface area contributed by atoms with Gasteiger partial charge in [-0.25, -0.2) is 0 Å². The summed E-state index contributed by atoms with van der Waals surface area (Å²) >= 11 is 0. The summed E-state index contributed by atoms with van der Waals surface area (Å²) in [5.74, 6) is -0.224. The second-order valence-electron chi connectivity index (χ2n) is 5.01. The number of nitrogens with one attached hydrogen (secondary N) is 1. The number of hydrogen-bond acceptors (Lipinski definition) is 2. The van der Waals surface area contributed by atoms with Gasteiger partial charge in [0.2, 0.25) is 0 Å². The average molecular weight is 286 g/mol. The van der Waals surface area contributed by atoms with E-state index >= 15 is 0 Å². The molecule has 0 radical (unpaired) electrons. The normalized spacial score (nSPS) is 19.4. The molecule has 1 unspecified atom stereocenters.